The van der Waals surface area contributed by atoms with Gasteiger partial charge >= 0.3 is 0 Å². The zero-order valence-corrected chi connectivity index (χ0v) is 11.8. The zero-order valence-electron chi connectivity index (χ0n) is 11.8. The fourth-order valence-corrected chi connectivity index (χ4v) is 3.50. The van der Waals surface area contributed by atoms with Crippen molar-refractivity contribution < 1.29 is 4.74 Å². The molecule has 0 bridgehead atoms. The summed E-state index contributed by atoms with van der Waals surface area (Å²) in [5.41, 5.74) is 3.12. The highest BCUT2D eigenvalue weighted by Crippen LogP contribution is 2.34. The highest BCUT2D eigenvalue weighted by atomic mass is 16.5. The summed E-state index contributed by atoms with van der Waals surface area (Å²) >= 11 is 0. The van der Waals surface area contributed by atoms with E-state index in [1.807, 2.05) is 6.07 Å². The van der Waals surface area contributed by atoms with Crippen molar-refractivity contribution in [3.05, 3.63) is 53.6 Å². The summed E-state index contributed by atoms with van der Waals surface area (Å²) in [5, 5.41) is 5.25. The zero-order chi connectivity index (χ0) is 13.5. The van der Waals surface area contributed by atoms with Gasteiger partial charge in [-0.3, -0.25) is 0 Å². The van der Waals surface area contributed by atoms with Gasteiger partial charge in [-0.15, -0.1) is 0 Å². The van der Waals surface area contributed by atoms with Crippen LogP contribution in [0.5, 0.6) is 5.75 Å². The van der Waals surface area contributed by atoms with E-state index < -0.39 is 0 Å². The molecule has 3 aromatic carbocycles. The van der Waals surface area contributed by atoms with Crippen molar-refractivity contribution >= 4 is 21.5 Å². The molecular weight excluding hydrogens is 244 g/mol. The van der Waals surface area contributed by atoms with Gasteiger partial charge in [-0.2, -0.15) is 0 Å². The van der Waals surface area contributed by atoms with E-state index in [9.17, 15) is 0 Å². The van der Waals surface area contributed by atoms with Crippen LogP contribution in [0.3, 0.4) is 0 Å². The number of benzene rings is 3. The van der Waals surface area contributed by atoms with E-state index in [0.717, 1.165) is 5.75 Å². The van der Waals surface area contributed by atoms with Crippen molar-refractivity contribution in [3.8, 4) is 5.75 Å². The average molecular weight is 262 g/mol. The lowest BCUT2D eigenvalue weighted by atomic mass is 9.87. The molecule has 0 saturated heterocycles. The summed E-state index contributed by atoms with van der Waals surface area (Å²) in [6.45, 7) is 0. The van der Waals surface area contributed by atoms with E-state index in [0.29, 0.717) is 0 Å². The van der Waals surface area contributed by atoms with Crippen LogP contribution < -0.4 is 4.74 Å². The minimum absolute atomic E-state index is 0.960. The Balaban J connectivity index is 2.08. The average Bonchev–Trinajstić information content (AvgIpc) is 2.52. The smallest absolute Gasteiger partial charge is 0.126 e. The molecule has 0 spiro atoms. The van der Waals surface area contributed by atoms with Gasteiger partial charge in [0, 0.05) is 5.39 Å². The Morgan fingerprint density at radius 1 is 0.850 bits per heavy atom. The number of fused-ring (bicyclic) bond motifs is 4. The number of hydrogen-bond acceptors (Lipinski definition) is 1. The van der Waals surface area contributed by atoms with E-state index in [1.165, 1.54) is 47.2 Å². The van der Waals surface area contributed by atoms with Crippen LogP contribution in [-0.2, 0) is 12.8 Å². The Labute approximate surface area is 119 Å². The molecule has 0 aromatic heterocycles. The monoisotopic (exact) mass is 262 g/mol. The van der Waals surface area contributed by atoms with Crippen LogP contribution in [0.4, 0.5) is 0 Å². The van der Waals surface area contributed by atoms with Crippen LogP contribution in [0.2, 0.25) is 0 Å². The quantitative estimate of drug-likeness (QED) is 0.568. The Morgan fingerprint density at radius 3 is 2.55 bits per heavy atom. The standard InChI is InChI=1S/C19H18O/c1-20-19-8-4-6-14-11-17-15(12-18(14)19)10-9-13-5-2-3-7-16(13)17/h4,6,8-12H,2-3,5,7H2,1H3. The molecule has 1 aliphatic rings. The van der Waals surface area contributed by atoms with E-state index in [1.54, 1.807) is 18.2 Å². The second-order valence-corrected chi connectivity index (χ2v) is 5.67. The van der Waals surface area contributed by atoms with Crippen LogP contribution in [-0.4, -0.2) is 7.11 Å². The van der Waals surface area contributed by atoms with Crippen molar-refractivity contribution in [1.82, 2.24) is 0 Å². The highest BCUT2D eigenvalue weighted by molar-refractivity contribution is 6.02. The van der Waals surface area contributed by atoms with Crippen molar-refractivity contribution in [1.29, 1.82) is 0 Å². The third kappa shape index (κ3) is 1.70. The van der Waals surface area contributed by atoms with E-state index in [2.05, 4.69) is 36.4 Å². The van der Waals surface area contributed by atoms with Gasteiger partial charge in [-0.05, 0) is 71.2 Å². The normalized spacial score (nSPS) is 14.4. The van der Waals surface area contributed by atoms with Crippen molar-refractivity contribution in [2.45, 2.75) is 25.7 Å². The van der Waals surface area contributed by atoms with Crippen molar-refractivity contribution in [2.75, 3.05) is 7.11 Å². The fourth-order valence-electron chi connectivity index (χ4n) is 3.50. The van der Waals surface area contributed by atoms with Gasteiger partial charge in [-0.25, -0.2) is 0 Å². The molecule has 0 heterocycles. The number of methoxy groups -OCH3 is 1. The largest absolute Gasteiger partial charge is 0.496 e. The molecule has 1 nitrogen and oxygen atoms in total. The molecule has 0 amide bonds. The van der Waals surface area contributed by atoms with Gasteiger partial charge in [-0.1, -0.05) is 24.3 Å². The first-order valence-corrected chi connectivity index (χ1v) is 7.38. The Kier molecular flexibility index (Phi) is 2.66. The third-order valence-electron chi connectivity index (χ3n) is 4.53. The summed E-state index contributed by atoms with van der Waals surface area (Å²) in [6, 6.07) is 15.5. The maximum absolute atomic E-state index is 5.49. The minimum Gasteiger partial charge on any atom is -0.496 e. The minimum atomic E-state index is 0.960. The van der Waals surface area contributed by atoms with Crippen LogP contribution >= 0.6 is 0 Å². The summed E-state index contributed by atoms with van der Waals surface area (Å²) in [4.78, 5) is 0. The Hall–Kier alpha value is -2.02. The van der Waals surface area contributed by atoms with Gasteiger partial charge < -0.3 is 4.74 Å². The lowest BCUT2D eigenvalue weighted by molar-refractivity contribution is 0.420. The Bertz CT molecular complexity index is 802. The Morgan fingerprint density at radius 2 is 1.65 bits per heavy atom. The molecule has 0 aliphatic heterocycles. The molecule has 1 aliphatic carbocycles. The van der Waals surface area contributed by atoms with E-state index in [4.69, 9.17) is 4.74 Å². The SMILES string of the molecule is COc1cccc2cc3c4c(ccc3cc12)CCCC4. The highest BCUT2D eigenvalue weighted by Gasteiger charge is 2.13. The number of ether oxygens (including phenoxy) is 1. The van der Waals surface area contributed by atoms with Crippen molar-refractivity contribution in [3.63, 3.8) is 0 Å². The molecule has 1 heteroatoms. The topological polar surface area (TPSA) is 9.23 Å². The predicted octanol–water partition coefficient (Wildman–Crippen LogP) is 4.88. The number of hydrogen-bond donors (Lipinski definition) is 0. The molecule has 3 aromatic rings. The molecule has 0 radical (unpaired) electrons. The van der Waals surface area contributed by atoms with Gasteiger partial charge in [0.15, 0.2) is 0 Å². The molecule has 20 heavy (non-hydrogen) atoms. The second kappa shape index (κ2) is 4.52. The van der Waals surface area contributed by atoms with Gasteiger partial charge in [0.2, 0.25) is 0 Å². The molecular formula is C19H18O. The van der Waals surface area contributed by atoms with Crippen LogP contribution in [0, 0.1) is 0 Å². The van der Waals surface area contributed by atoms with Gasteiger partial charge in [0.1, 0.15) is 5.75 Å². The maximum Gasteiger partial charge on any atom is 0.126 e. The lowest BCUT2D eigenvalue weighted by Gasteiger charge is -2.18. The molecule has 0 N–H and O–H groups in total. The summed E-state index contributed by atoms with van der Waals surface area (Å²) in [7, 11) is 1.74. The van der Waals surface area contributed by atoms with Gasteiger partial charge in [0.05, 0.1) is 7.11 Å². The number of rotatable bonds is 1. The summed E-state index contributed by atoms with van der Waals surface area (Å²) < 4.78 is 5.49. The molecule has 0 fully saturated rings. The fraction of sp³-hybridized carbons (Fsp3) is 0.263. The predicted molar refractivity (Wildman–Crippen MR) is 84.6 cm³/mol. The first kappa shape index (κ1) is 11.8. The molecule has 100 valence electrons. The molecule has 4 rings (SSSR count). The summed E-state index contributed by atoms with van der Waals surface area (Å²) in [5.74, 6) is 0.960. The second-order valence-electron chi connectivity index (χ2n) is 5.67. The van der Waals surface area contributed by atoms with E-state index >= 15 is 0 Å². The van der Waals surface area contributed by atoms with E-state index in [-0.39, 0.29) is 0 Å². The van der Waals surface area contributed by atoms with Crippen molar-refractivity contribution in [2.24, 2.45) is 0 Å². The summed E-state index contributed by atoms with van der Waals surface area (Å²) in [6.07, 6.45) is 5.12. The van der Waals surface area contributed by atoms with Crippen LogP contribution in [0.15, 0.2) is 42.5 Å². The first-order chi connectivity index (χ1) is 9.86. The maximum atomic E-state index is 5.49. The van der Waals surface area contributed by atoms with Gasteiger partial charge in [0.25, 0.3) is 0 Å². The molecule has 0 saturated carbocycles. The third-order valence-corrected chi connectivity index (χ3v) is 4.53. The van der Waals surface area contributed by atoms with Crippen LogP contribution in [0.1, 0.15) is 24.0 Å². The number of aryl methyl sites for hydroxylation is 2. The van der Waals surface area contributed by atoms with Crippen LogP contribution in [0.25, 0.3) is 21.5 Å². The lowest BCUT2D eigenvalue weighted by Crippen LogP contribution is -2.03. The first-order valence-electron chi connectivity index (χ1n) is 7.38. The molecule has 0 unspecified atom stereocenters. The molecule has 0 atom stereocenters.